The lowest BCUT2D eigenvalue weighted by Gasteiger charge is -2.34. The maximum Gasteiger partial charge on any atom is 0.159 e. The van der Waals surface area contributed by atoms with Gasteiger partial charge in [-0.3, -0.25) is 0 Å². The predicted molar refractivity (Wildman–Crippen MR) is 137 cm³/mol. The number of nitrogens with zero attached hydrogens (tertiary/aromatic N) is 6. The highest BCUT2D eigenvalue weighted by molar-refractivity contribution is 5.94. The van der Waals surface area contributed by atoms with Crippen LogP contribution in [0.3, 0.4) is 0 Å². The SMILES string of the molecule is Cc1cc(Nc2ncnc3ccc(N4CCN[C@H](C)C4)c(F)c23)ccc1Oc1ccn2ncnc2c1. The van der Waals surface area contributed by atoms with Crippen LogP contribution in [0.2, 0.25) is 0 Å². The molecule has 9 nitrogen and oxygen atoms in total. The first-order valence-electron chi connectivity index (χ1n) is 11.8. The number of aryl methyl sites for hydroxylation is 1. The van der Waals surface area contributed by atoms with Crippen LogP contribution in [0.1, 0.15) is 12.5 Å². The Bertz CT molecular complexity index is 1570. The van der Waals surface area contributed by atoms with E-state index in [1.165, 1.54) is 12.7 Å². The molecule has 0 radical (unpaired) electrons. The molecule has 0 saturated carbocycles. The Balaban J connectivity index is 1.28. The number of hydrogen-bond acceptors (Lipinski definition) is 8. The van der Waals surface area contributed by atoms with Crippen molar-refractivity contribution in [3.8, 4) is 11.5 Å². The van der Waals surface area contributed by atoms with Gasteiger partial charge in [0.15, 0.2) is 11.5 Å². The Morgan fingerprint density at radius 3 is 2.86 bits per heavy atom. The molecule has 0 bridgehead atoms. The lowest BCUT2D eigenvalue weighted by atomic mass is 10.1. The summed E-state index contributed by atoms with van der Waals surface area (Å²) in [6.07, 6.45) is 4.74. The number of benzene rings is 2. The minimum Gasteiger partial charge on any atom is -0.457 e. The molecule has 4 heterocycles. The normalized spacial score (nSPS) is 16.0. The minimum atomic E-state index is -0.315. The summed E-state index contributed by atoms with van der Waals surface area (Å²) in [6, 6.07) is 13.3. The van der Waals surface area contributed by atoms with Crippen LogP contribution in [0.25, 0.3) is 16.6 Å². The molecule has 5 aromatic rings. The Kier molecular flexibility index (Phi) is 5.57. The summed E-state index contributed by atoms with van der Waals surface area (Å²) >= 11 is 0. The molecule has 0 aliphatic carbocycles. The van der Waals surface area contributed by atoms with Crippen molar-refractivity contribution in [3.05, 3.63) is 72.7 Å². The maximum atomic E-state index is 15.8. The number of anilines is 3. The number of rotatable bonds is 5. The molecule has 3 aromatic heterocycles. The molecule has 1 aliphatic rings. The van der Waals surface area contributed by atoms with Crippen LogP contribution < -0.4 is 20.3 Å². The summed E-state index contributed by atoms with van der Waals surface area (Å²) in [7, 11) is 0. The van der Waals surface area contributed by atoms with Crippen LogP contribution in [0.4, 0.5) is 21.6 Å². The lowest BCUT2D eigenvalue weighted by Crippen LogP contribution is -2.49. The van der Waals surface area contributed by atoms with Crippen molar-refractivity contribution in [2.45, 2.75) is 19.9 Å². The van der Waals surface area contributed by atoms with Gasteiger partial charge in [-0.05, 0) is 55.8 Å². The maximum absolute atomic E-state index is 15.8. The van der Waals surface area contributed by atoms with E-state index in [0.717, 1.165) is 30.9 Å². The standard InChI is InChI=1S/C26H25FN8O/c1-16-11-18(3-6-22(16)36-19-7-9-35-23(12-19)30-15-32-35)33-26-24-20(29-14-31-26)4-5-21(25(24)27)34-10-8-28-17(2)13-34/h3-7,9,11-12,14-15,17,28H,8,10,13H2,1-2H3,(H,29,31,33)/t17-/m1/s1. The van der Waals surface area contributed by atoms with Gasteiger partial charge < -0.3 is 20.3 Å². The van der Waals surface area contributed by atoms with E-state index < -0.39 is 0 Å². The number of ether oxygens (including phenoxy) is 1. The van der Waals surface area contributed by atoms with Crippen molar-refractivity contribution in [2.24, 2.45) is 0 Å². The highest BCUT2D eigenvalue weighted by atomic mass is 19.1. The molecule has 1 aliphatic heterocycles. The van der Waals surface area contributed by atoms with Gasteiger partial charge in [-0.2, -0.15) is 5.10 Å². The zero-order chi connectivity index (χ0) is 24.6. The lowest BCUT2D eigenvalue weighted by molar-refractivity contribution is 0.478. The number of fused-ring (bicyclic) bond motifs is 2. The molecule has 2 N–H and O–H groups in total. The monoisotopic (exact) mass is 484 g/mol. The first kappa shape index (κ1) is 22.2. The average molecular weight is 485 g/mol. The molecule has 36 heavy (non-hydrogen) atoms. The molecule has 1 fully saturated rings. The van der Waals surface area contributed by atoms with Crippen molar-refractivity contribution in [3.63, 3.8) is 0 Å². The van der Waals surface area contributed by atoms with E-state index in [-0.39, 0.29) is 5.82 Å². The van der Waals surface area contributed by atoms with Crippen LogP contribution in [0, 0.1) is 12.7 Å². The van der Waals surface area contributed by atoms with Crippen LogP contribution in [-0.4, -0.2) is 50.2 Å². The van der Waals surface area contributed by atoms with Crippen LogP contribution in [0.15, 0.2) is 61.3 Å². The fourth-order valence-electron chi connectivity index (χ4n) is 4.56. The topological polar surface area (TPSA) is 92.5 Å². The van der Waals surface area contributed by atoms with Gasteiger partial charge in [0, 0.05) is 43.6 Å². The summed E-state index contributed by atoms with van der Waals surface area (Å²) in [4.78, 5) is 14.9. The van der Waals surface area contributed by atoms with Crippen LogP contribution in [-0.2, 0) is 0 Å². The number of pyridine rings is 1. The van der Waals surface area contributed by atoms with E-state index in [4.69, 9.17) is 4.74 Å². The van der Waals surface area contributed by atoms with Gasteiger partial charge in [0.2, 0.25) is 0 Å². The zero-order valence-corrected chi connectivity index (χ0v) is 19.9. The van der Waals surface area contributed by atoms with Crippen molar-refractivity contribution in [1.82, 2.24) is 29.9 Å². The quantitative estimate of drug-likeness (QED) is 0.378. The largest absolute Gasteiger partial charge is 0.457 e. The zero-order valence-electron chi connectivity index (χ0n) is 19.9. The first-order chi connectivity index (χ1) is 17.5. The Labute approximate surface area is 207 Å². The van der Waals surface area contributed by atoms with E-state index >= 15 is 4.39 Å². The number of nitrogens with one attached hydrogen (secondary N) is 2. The van der Waals surface area contributed by atoms with E-state index in [0.29, 0.717) is 45.6 Å². The molecular weight excluding hydrogens is 459 g/mol. The average Bonchev–Trinajstić information content (AvgIpc) is 3.34. The second-order valence-electron chi connectivity index (χ2n) is 8.95. The summed E-state index contributed by atoms with van der Waals surface area (Å²) < 4.78 is 23.5. The molecule has 6 rings (SSSR count). The third kappa shape index (κ3) is 4.16. The molecule has 0 spiro atoms. The number of halogens is 1. The van der Waals surface area contributed by atoms with E-state index in [9.17, 15) is 0 Å². The van der Waals surface area contributed by atoms with E-state index in [1.54, 1.807) is 16.8 Å². The van der Waals surface area contributed by atoms with Gasteiger partial charge in [0.1, 0.15) is 30.0 Å². The van der Waals surface area contributed by atoms with Crippen molar-refractivity contribution in [2.75, 3.05) is 29.9 Å². The molecule has 1 atom stereocenters. The second kappa shape index (κ2) is 9.04. The fourth-order valence-corrected chi connectivity index (χ4v) is 4.56. The minimum absolute atomic E-state index is 0.292. The Morgan fingerprint density at radius 1 is 1.08 bits per heavy atom. The fraction of sp³-hybridized carbons (Fsp3) is 0.231. The highest BCUT2D eigenvalue weighted by Gasteiger charge is 2.22. The third-order valence-corrected chi connectivity index (χ3v) is 6.35. The van der Waals surface area contributed by atoms with Gasteiger partial charge in [-0.1, -0.05) is 0 Å². The van der Waals surface area contributed by atoms with Gasteiger partial charge in [0.25, 0.3) is 0 Å². The van der Waals surface area contributed by atoms with Crippen molar-refractivity contribution < 1.29 is 9.13 Å². The summed E-state index contributed by atoms with van der Waals surface area (Å²) in [5.74, 6) is 1.48. The number of piperazine rings is 1. The Hall–Kier alpha value is -4.31. The van der Waals surface area contributed by atoms with E-state index in [1.807, 2.05) is 43.3 Å². The number of aromatic nitrogens is 5. The van der Waals surface area contributed by atoms with Crippen molar-refractivity contribution in [1.29, 1.82) is 0 Å². The van der Waals surface area contributed by atoms with Crippen LogP contribution >= 0.6 is 0 Å². The summed E-state index contributed by atoms with van der Waals surface area (Å²) in [5, 5.41) is 11.1. The van der Waals surface area contributed by atoms with Crippen LogP contribution in [0.5, 0.6) is 11.5 Å². The van der Waals surface area contributed by atoms with Crippen molar-refractivity contribution >= 4 is 33.7 Å². The molecule has 0 amide bonds. The predicted octanol–water partition coefficient (Wildman–Crippen LogP) is 4.45. The third-order valence-electron chi connectivity index (χ3n) is 6.35. The number of hydrogen-bond donors (Lipinski definition) is 2. The van der Waals surface area contributed by atoms with Gasteiger partial charge in [-0.25, -0.2) is 23.9 Å². The second-order valence-corrected chi connectivity index (χ2v) is 8.95. The molecule has 0 unspecified atom stereocenters. The molecular formula is C26H25FN8O. The van der Waals surface area contributed by atoms with Gasteiger partial charge in [0.05, 0.1) is 16.6 Å². The molecule has 10 heteroatoms. The summed E-state index contributed by atoms with van der Waals surface area (Å²) in [5.41, 5.74) is 3.51. The smallest absolute Gasteiger partial charge is 0.159 e. The Morgan fingerprint density at radius 2 is 2.00 bits per heavy atom. The van der Waals surface area contributed by atoms with Gasteiger partial charge >= 0.3 is 0 Å². The molecule has 182 valence electrons. The molecule has 2 aromatic carbocycles. The summed E-state index contributed by atoms with van der Waals surface area (Å²) in [6.45, 7) is 6.36. The van der Waals surface area contributed by atoms with Gasteiger partial charge in [-0.15, -0.1) is 0 Å². The highest BCUT2D eigenvalue weighted by Crippen LogP contribution is 2.34. The first-order valence-corrected chi connectivity index (χ1v) is 11.8. The molecule has 1 saturated heterocycles. The van der Waals surface area contributed by atoms with E-state index in [2.05, 4.69) is 42.5 Å².